The molecule has 2 N–H and O–H groups in total. The molecule has 0 aliphatic heterocycles. The third-order valence-corrected chi connectivity index (χ3v) is 2.50. The number of carboxylic acid groups (broad SMARTS) is 1. The van der Waals surface area contributed by atoms with E-state index in [1.165, 1.54) is 12.1 Å². The fourth-order valence-electron chi connectivity index (χ4n) is 1.66. The van der Waals surface area contributed by atoms with Gasteiger partial charge in [0.25, 0.3) is 6.43 Å². The van der Waals surface area contributed by atoms with E-state index in [9.17, 15) is 13.6 Å². The number of alkyl halides is 2. The van der Waals surface area contributed by atoms with Crippen LogP contribution < -0.4 is 0 Å². The molecule has 0 bridgehead atoms. The standard InChI is InChI=1S/C12H12F2N2O3/c13-10(14)6-19-4-3-11-15-8-2-1-7(12(17)18)5-9(8)16-11/h1-2,5,10H,3-4,6H2,(H,15,16)(H,17,18). The number of rotatable bonds is 6. The lowest BCUT2D eigenvalue weighted by atomic mass is 10.2. The number of aromatic amines is 1. The quantitative estimate of drug-likeness (QED) is 0.788. The number of halogens is 2. The number of hydrogen-bond donors (Lipinski definition) is 2. The van der Waals surface area contributed by atoms with E-state index in [0.717, 1.165) is 0 Å². The van der Waals surface area contributed by atoms with Gasteiger partial charge in [0, 0.05) is 6.42 Å². The molecule has 0 saturated heterocycles. The molecule has 0 amide bonds. The maximum absolute atomic E-state index is 11.8. The highest BCUT2D eigenvalue weighted by Gasteiger charge is 2.08. The molecule has 0 saturated carbocycles. The summed E-state index contributed by atoms with van der Waals surface area (Å²) >= 11 is 0. The van der Waals surface area contributed by atoms with Gasteiger partial charge in [-0.2, -0.15) is 0 Å². The van der Waals surface area contributed by atoms with Gasteiger partial charge in [-0.05, 0) is 18.2 Å². The summed E-state index contributed by atoms with van der Waals surface area (Å²) in [6, 6.07) is 4.54. The smallest absolute Gasteiger partial charge is 0.335 e. The van der Waals surface area contributed by atoms with Crippen LogP contribution in [0.4, 0.5) is 8.78 Å². The van der Waals surface area contributed by atoms with Crippen molar-refractivity contribution in [3.05, 3.63) is 29.6 Å². The van der Waals surface area contributed by atoms with E-state index in [4.69, 9.17) is 9.84 Å². The Bertz CT molecular complexity index is 583. The minimum absolute atomic E-state index is 0.135. The average molecular weight is 270 g/mol. The van der Waals surface area contributed by atoms with Gasteiger partial charge in [0.15, 0.2) is 0 Å². The van der Waals surface area contributed by atoms with Crippen LogP contribution in [0, 0.1) is 0 Å². The van der Waals surface area contributed by atoms with Crippen LogP contribution in [-0.4, -0.2) is 40.7 Å². The summed E-state index contributed by atoms with van der Waals surface area (Å²) in [5, 5.41) is 8.85. The SMILES string of the molecule is O=C(O)c1ccc2nc(CCOCC(F)F)[nH]c2c1. The number of aromatic nitrogens is 2. The molecule has 0 aliphatic rings. The number of carbonyl (C=O) groups is 1. The summed E-state index contributed by atoms with van der Waals surface area (Å²) in [5.41, 5.74) is 1.40. The summed E-state index contributed by atoms with van der Waals surface area (Å²) in [6.07, 6.45) is -2.11. The van der Waals surface area contributed by atoms with E-state index >= 15 is 0 Å². The molecule has 1 heterocycles. The Balaban J connectivity index is 2.03. The van der Waals surface area contributed by atoms with Crippen LogP contribution in [0.25, 0.3) is 11.0 Å². The lowest BCUT2D eigenvalue weighted by molar-refractivity contribution is 0.0183. The molecule has 0 aliphatic carbocycles. The summed E-state index contributed by atoms with van der Waals surface area (Å²) < 4.78 is 28.4. The van der Waals surface area contributed by atoms with E-state index in [2.05, 4.69) is 9.97 Å². The highest BCUT2D eigenvalue weighted by atomic mass is 19.3. The third-order valence-electron chi connectivity index (χ3n) is 2.50. The van der Waals surface area contributed by atoms with Crippen molar-refractivity contribution in [2.45, 2.75) is 12.8 Å². The molecule has 0 unspecified atom stereocenters. The van der Waals surface area contributed by atoms with Crippen LogP contribution in [0.15, 0.2) is 18.2 Å². The van der Waals surface area contributed by atoms with Crippen molar-refractivity contribution in [2.75, 3.05) is 13.2 Å². The third kappa shape index (κ3) is 3.47. The molecule has 19 heavy (non-hydrogen) atoms. The van der Waals surface area contributed by atoms with Crippen molar-refractivity contribution in [1.29, 1.82) is 0 Å². The van der Waals surface area contributed by atoms with Crippen LogP contribution in [0.3, 0.4) is 0 Å². The van der Waals surface area contributed by atoms with Crippen molar-refractivity contribution >= 4 is 17.0 Å². The molecule has 102 valence electrons. The largest absolute Gasteiger partial charge is 0.478 e. The minimum atomic E-state index is -2.48. The first kappa shape index (κ1) is 13.4. The summed E-state index contributed by atoms with van der Waals surface area (Å²) in [6.45, 7) is -0.459. The highest BCUT2D eigenvalue weighted by Crippen LogP contribution is 2.14. The molecular formula is C12H12F2N2O3. The van der Waals surface area contributed by atoms with Crippen LogP contribution in [0.2, 0.25) is 0 Å². The Kier molecular flexibility index (Phi) is 4.06. The van der Waals surface area contributed by atoms with Crippen LogP contribution >= 0.6 is 0 Å². The van der Waals surface area contributed by atoms with Gasteiger partial charge < -0.3 is 14.8 Å². The Hall–Kier alpha value is -2.02. The van der Waals surface area contributed by atoms with Crippen molar-refractivity contribution < 1.29 is 23.4 Å². The number of nitrogens with one attached hydrogen (secondary N) is 1. The van der Waals surface area contributed by atoms with E-state index in [0.29, 0.717) is 23.3 Å². The molecule has 2 aromatic rings. The van der Waals surface area contributed by atoms with E-state index in [1.807, 2.05) is 0 Å². The Morgan fingerprint density at radius 1 is 1.47 bits per heavy atom. The van der Waals surface area contributed by atoms with E-state index < -0.39 is 19.0 Å². The van der Waals surface area contributed by atoms with Crippen LogP contribution in [-0.2, 0) is 11.2 Å². The molecule has 7 heteroatoms. The molecular weight excluding hydrogens is 258 g/mol. The maximum atomic E-state index is 11.8. The van der Waals surface area contributed by atoms with Crippen molar-refractivity contribution in [2.24, 2.45) is 0 Å². The normalized spacial score (nSPS) is 11.3. The molecule has 0 radical (unpaired) electrons. The number of aromatic carboxylic acids is 1. The first-order valence-corrected chi connectivity index (χ1v) is 5.64. The Morgan fingerprint density at radius 3 is 2.95 bits per heavy atom. The second kappa shape index (κ2) is 5.75. The Morgan fingerprint density at radius 2 is 2.26 bits per heavy atom. The van der Waals surface area contributed by atoms with E-state index in [-0.39, 0.29) is 12.2 Å². The number of fused-ring (bicyclic) bond motifs is 1. The fourth-order valence-corrected chi connectivity index (χ4v) is 1.66. The molecule has 1 aromatic carbocycles. The number of H-pyrrole nitrogens is 1. The number of nitrogens with zero attached hydrogens (tertiary/aromatic N) is 1. The van der Waals surface area contributed by atoms with Gasteiger partial charge in [0.1, 0.15) is 12.4 Å². The number of ether oxygens (including phenoxy) is 1. The number of carboxylic acids is 1. The first-order valence-electron chi connectivity index (χ1n) is 5.64. The topological polar surface area (TPSA) is 75.2 Å². The molecule has 0 fully saturated rings. The molecule has 0 spiro atoms. The van der Waals surface area contributed by atoms with E-state index in [1.54, 1.807) is 6.07 Å². The predicted molar refractivity (Wildman–Crippen MR) is 63.6 cm³/mol. The lowest BCUT2D eigenvalue weighted by Crippen LogP contribution is -2.07. The minimum Gasteiger partial charge on any atom is -0.478 e. The zero-order chi connectivity index (χ0) is 13.8. The van der Waals surface area contributed by atoms with Gasteiger partial charge in [-0.15, -0.1) is 0 Å². The lowest BCUT2D eigenvalue weighted by Gasteiger charge is -2.00. The molecule has 5 nitrogen and oxygen atoms in total. The second-order valence-electron chi connectivity index (χ2n) is 3.94. The van der Waals surface area contributed by atoms with Crippen LogP contribution in [0.5, 0.6) is 0 Å². The molecule has 1 aromatic heterocycles. The van der Waals surface area contributed by atoms with Crippen molar-refractivity contribution in [3.63, 3.8) is 0 Å². The van der Waals surface area contributed by atoms with Crippen LogP contribution in [0.1, 0.15) is 16.2 Å². The molecule has 0 atom stereocenters. The summed E-state index contributed by atoms with van der Waals surface area (Å²) in [7, 11) is 0. The Labute approximate surface area is 107 Å². The van der Waals surface area contributed by atoms with Gasteiger partial charge >= 0.3 is 5.97 Å². The highest BCUT2D eigenvalue weighted by molar-refractivity contribution is 5.92. The average Bonchev–Trinajstić information content (AvgIpc) is 2.75. The number of benzene rings is 1. The number of imidazole rings is 1. The maximum Gasteiger partial charge on any atom is 0.335 e. The monoisotopic (exact) mass is 270 g/mol. The fraction of sp³-hybridized carbons (Fsp3) is 0.333. The van der Waals surface area contributed by atoms with Crippen molar-refractivity contribution in [3.8, 4) is 0 Å². The zero-order valence-electron chi connectivity index (χ0n) is 9.90. The molecule has 2 rings (SSSR count). The van der Waals surface area contributed by atoms with Gasteiger partial charge in [-0.3, -0.25) is 0 Å². The van der Waals surface area contributed by atoms with Gasteiger partial charge in [0.2, 0.25) is 0 Å². The number of hydrogen-bond acceptors (Lipinski definition) is 3. The zero-order valence-corrected chi connectivity index (χ0v) is 9.90. The van der Waals surface area contributed by atoms with Crippen molar-refractivity contribution in [1.82, 2.24) is 9.97 Å². The first-order chi connectivity index (χ1) is 9.06. The van der Waals surface area contributed by atoms with Gasteiger partial charge in [0.05, 0.1) is 23.2 Å². The summed E-state index contributed by atoms with van der Waals surface area (Å²) in [4.78, 5) is 18.0. The second-order valence-corrected chi connectivity index (χ2v) is 3.94. The van der Waals surface area contributed by atoms with Gasteiger partial charge in [-0.1, -0.05) is 0 Å². The predicted octanol–water partition coefficient (Wildman–Crippen LogP) is 2.09. The summed E-state index contributed by atoms with van der Waals surface area (Å²) in [5.74, 6) is -0.440. The van der Waals surface area contributed by atoms with Gasteiger partial charge in [-0.25, -0.2) is 18.6 Å².